The lowest BCUT2D eigenvalue weighted by atomic mass is 10.1. The van der Waals surface area contributed by atoms with E-state index in [9.17, 15) is 4.79 Å². The van der Waals surface area contributed by atoms with E-state index in [2.05, 4.69) is 16.4 Å². The summed E-state index contributed by atoms with van der Waals surface area (Å²) in [6.07, 6.45) is 1.79. The molecule has 1 amide bonds. The smallest absolute Gasteiger partial charge is 0.263 e. The number of rotatable bonds is 3. The van der Waals surface area contributed by atoms with E-state index < -0.39 is 0 Å². The molecule has 108 valence electrons. The van der Waals surface area contributed by atoms with Gasteiger partial charge in [-0.25, -0.2) is 4.98 Å². The van der Waals surface area contributed by atoms with Crippen LogP contribution in [0.4, 0.5) is 5.69 Å². The molecular weight excluding hydrogens is 302 g/mol. The number of thiophene rings is 1. The van der Waals surface area contributed by atoms with Gasteiger partial charge in [-0.05, 0) is 25.5 Å². The molecule has 6 heteroatoms. The number of nitrogens with zero attached hydrogens (tertiary/aromatic N) is 1. The number of nitrogens with two attached hydrogens (primary N) is 1. The lowest BCUT2D eigenvalue weighted by Gasteiger charge is -2.02. The topological polar surface area (TPSA) is 68.0 Å². The molecule has 2 aromatic heterocycles. The van der Waals surface area contributed by atoms with Crippen LogP contribution in [0.15, 0.2) is 24.4 Å². The summed E-state index contributed by atoms with van der Waals surface area (Å²) in [4.78, 5) is 18.1. The normalized spacial score (nSPS) is 11.0. The summed E-state index contributed by atoms with van der Waals surface area (Å²) in [6, 6.07) is 6.03. The number of thiazole rings is 1. The first-order chi connectivity index (χ1) is 10.0. The molecule has 21 heavy (non-hydrogen) atoms. The van der Waals surface area contributed by atoms with E-state index in [1.54, 1.807) is 17.5 Å². The lowest BCUT2D eigenvalue weighted by Crippen LogP contribution is -2.22. The summed E-state index contributed by atoms with van der Waals surface area (Å²) >= 11 is 3.02. The standard InChI is InChI=1S/C15H15N3OS2/c1-8-3-4-11-12(5-8)21-14(13(11)16)15(19)18-7-10-6-17-9(2)20-10/h3-6H,7,16H2,1-2H3,(H,18,19). The fraction of sp³-hybridized carbons (Fsp3) is 0.200. The van der Waals surface area contributed by atoms with E-state index in [0.717, 1.165) is 25.5 Å². The van der Waals surface area contributed by atoms with Crippen molar-refractivity contribution in [2.45, 2.75) is 20.4 Å². The molecule has 0 saturated heterocycles. The van der Waals surface area contributed by atoms with Crippen LogP contribution in [0, 0.1) is 13.8 Å². The molecule has 0 bridgehead atoms. The number of nitrogen functional groups attached to an aromatic ring is 1. The van der Waals surface area contributed by atoms with E-state index in [4.69, 9.17) is 5.73 Å². The largest absolute Gasteiger partial charge is 0.397 e. The molecule has 1 aromatic carbocycles. The monoisotopic (exact) mass is 317 g/mol. The molecule has 3 N–H and O–H groups in total. The fourth-order valence-electron chi connectivity index (χ4n) is 2.13. The van der Waals surface area contributed by atoms with Crippen molar-refractivity contribution in [3.8, 4) is 0 Å². The minimum atomic E-state index is -0.127. The quantitative estimate of drug-likeness (QED) is 0.777. The van der Waals surface area contributed by atoms with Gasteiger partial charge in [0.2, 0.25) is 0 Å². The third-order valence-electron chi connectivity index (χ3n) is 3.18. The predicted molar refractivity (Wildman–Crippen MR) is 89.0 cm³/mol. The Bertz CT molecular complexity index is 820. The van der Waals surface area contributed by atoms with E-state index in [1.165, 1.54) is 11.3 Å². The highest BCUT2D eigenvalue weighted by molar-refractivity contribution is 7.21. The van der Waals surface area contributed by atoms with E-state index >= 15 is 0 Å². The van der Waals surface area contributed by atoms with Gasteiger partial charge in [-0.2, -0.15) is 0 Å². The number of carbonyl (C=O) groups excluding carboxylic acids is 1. The van der Waals surface area contributed by atoms with Crippen molar-refractivity contribution in [1.82, 2.24) is 10.3 Å². The number of carbonyl (C=O) groups is 1. The maximum absolute atomic E-state index is 12.3. The van der Waals surface area contributed by atoms with Gasteiger partial charge in [-0.3, -0.25) is 4.79 Å². The summed E-state index contributed by atoms with van der Waals surface area (Å²) in [5.74, 6) is -0.127. The number of hydrogen-bond donors (Lipinski definition) is 2. The Hall–Kier alpha value is -1.92. The van der Waals surface area contributed by atoms with Crippen LogP contribution in [-0.4, -0.2) is 10.9 Å². The van der Waals surface area contributed by atoms with Crippen molar-refractivity contribution in [2.75, 3.05) is 5.73 Å². The molecule has 2 heterocycles. The minimum Gasteiger partial charge on any atom is -0.397 e. The maximum Gasteiger partial charge on any atom is 0.263 e. The number of aromatic nitrogens is 1. The molecule has 0 aliphatic carbocycles. The van der Waals surface area contributed by atoms with Gasteiger partial charge < -0.3 is 11.1 Å². The number of aryl methyl sites for hydroxylation is 2. The van der Waals surface area contributed by atoms with Crippen LogP contribution in [0.3, 0.4) is 0 Å². The van der Waals surface area contributed by atoms with Crippen LogP contribution < -0.4 is 11.1 Å². The number of nitrogens with one attached hydrogen (secondary N) is 1. The first-order valence-corrected chi connectivity index (χ1v) is 8.16. The van der Waals surface area contributed by atoms with Crippen molar-refractivity contribution >= 4 is 44.4 Å². The van der Waals surface area contributed by atoms with Gasteiger partial charge >= 0.3 is 0 Å². The zero-order valence-electron chi connectivity index (χ0n) is 11.8. The molecule has 0 atom stereocenters. The third kappa shape index (κ3) is 2.77. The summed E-state index contributed by atoms with van der Waals surface area (Å²) < 4.78 is 1.05. The second-order valence-corrected chi connectivity index (χ2v) is 7.24. The van der Waals surface area contributed by atoms with Crippen LogP contribution in [0.1, 0.15) is 25.1 Å². The van der Waals surface area contributed by atoms with Gasteiger partial charge in [0.25, 0.3) is 5.91 Å². The average Bonchev–Trinajstić information content (AvgIpc) is 3.00. The zero-order valence-corrected chi connectivity index (χ0v) is 13.4. The van der Waals surface area contributed by atoms with Crippen molar-refractivity contribution < 1.29 is 4.79 Å². The Balaban J connectivity index is 1.82. The Kier molecular flexibility index (Phi) is 3.65. The Morgan fingerprint density at radius 3 is 2.86 bits per heavy atom. The third-order valence-corrected chi connectivity index (χ3v) is 5.26. The second kappa shape index (κ2) is 5.46. The maximum atomic E-state index is 12.3. The van der Waals surface area contributed by atoms with Gasteiger partial charge in [-0.15, -0.1) is 22.7 Å². The van der Waals surface area contributed by atoms with Crippen molar-refractivity contribution in [3.63, 3.8) is 0 Å². The van der Waals surface area contributed by atoms with Gasteiger partial charge in [-0.1, -0.05) is 12.1 Å². The highest BCUT2D eigenvalue weighted by atomic mass is 32.1. The number of anilines is 1. The summed E-state index contributed by atoms with van der Waals surface area (Å²) in [5.41, 5.74) is 7.83. The highest BCUT2D eigenvalue weighted by Gasteiger charge is 2.16. The number of benzene rings is 1. The van der Waals surface area contributed by atoms with Gasteiger partial charge in [0.1, 0.15) is 4.88 Å². The Morgan fingerprint density at radius 1 is 1.33 bits per heavy atom. The SMILES string of the molecule is Cc1ccc2c(N)c(C(=O)NCc3cnc(C)s3)sc2c1. The Labute approximate surface area is 130 Å². The van der Waals surface area contributed by atoms with Gasteiger partial charge in [0.05, 0.1) is 17.2 Å². The van der Waals surface area contributed by atoms with Crippen LogP contribution in [0.2, 0.25) is 0 Å². The molecule has 0 fully saturated rings. The second-order valence-electron chi connectivity index (χ2n) is 4.87. The number of fused-ring (bicyclic) bond motifs is 1. The highest BCUT2D eigenvalue weighted by Crippen LogP contribution is 2.34. The molecule has 3 aromatic rings. The van der Waals surface area contributed by atoms with Crippen LogP contribution in [-0.2, 0) is 6.54 Å². The van der Waals surface area contributed by atoms with E-state index in [0.29, 0.717) is 17.1 Å². The number of hydrogen-bond acceptors (Lipinski definition) is 5. The molecule has 4 nitrogen and oxygen atoms in total. The van der Waals surface area contributed by atoms with Gasteiger partial charge in [0, 0.05) is 21.2 Å². The van der Waals surface area contributed by atoms with Crippen molar-refractivity contribution in [3.05, 3.63) is 44.7 Å². The first kappa shape index (κ1) is 14.0. The van der Waals surface area contributed by atoms with Crippen molar-refractivity contribution in [1.29, 1.82) is 0 Å². The van der Waals surface area contributed by atoms with Crippen LogP contribution in [0.5, 0.6) is 0 Å². The molecule has 0 radical (unpaired) electrons. The van der Waals surface area contributed by atoms with E-state index in [1.807, 2.05) is 26.0 Å². The molecule has 0 spiro atoms. The number of amides is 1. The molecule has 0 aliphatic heterocycles. The molecule has 0 unspecified atom stereocenters. The average molecular weight is 317 g/mol. The van der Waals surface area contributed by atoms with Gasteiger partial charge in [0.15, 0.2) is 0 Å². The molecular formula is C15H15N3OS2. The molecule has 0 saturated carbocycles. The summed E-state index contributed by atoms with van der Waals surface area (Å²) in [5, 5.41) is 4.85. The zero-order chi connectivity index (χ0) is 15.0. The van der Waals surface area contributed by atoms with Crippen LogP contribution >= 0.6 is 22.7 Å². The summed E-state index contributed by atoms with van der Waals surface area (Å²) in [7, 11) is 0. The summed E-state index contributed by atoms with van der Waals surface area (Å²) in [6.45, 7) is 4.46. The predicted octanol–water partition coefficient (Wildman–Crippen LogP) is 3.49. The lowest BCUT2D eigenvalue weighted by molar-refractivity contribution is 0.0956. The van der Waals surface area contributed by atoms with Crippen molar-refractivity contribution in [2.24, 2.45) is 0 Å². The van der Waals surface area contributed by atoms with Crippen LogP contribution in [0.25, 0.3) is 10.1 Å². The fourth-order valence-corrected chi connectivity index (χ4v) is 4.00. The molecule has 0 aliphatic rings. The first-order valence-electron chi connectivity index (χ1n) is 6.52. The molecule has 3 rings (SSSR count). The minimum absolute atomic E-state index is 0.127. The van der Waals surface area contributed by atoms with E-state index in [-0.39, 0.29) is 5.91 Å². The Morgan fingerprint density at radius 2 is 2.14 bits per heavy atom.